The van der Waals surface area contributed by atoms with Gasteiger partial charge in [-0.1, -0.05) is 156 Å². The van der Waals surface area contributed by atoms with E-state index < -0.39 is 34.0 Å². The molecule has 15 heteroatoms. The van der Waals surface area contributed by atoms with E-state index in [0.717, 1.165) is 33.9 Å². The molecule has 0 bridgehead atoms. The Bertz CT molecular complexity index is 3070. The Balaban J connectivity index is 0.000000262. The second-order valence-electron chi connectivity index (χ2n) is 23.7. The molecule has 0 atom stereocenters. The summed E-state index contributed by atoms with van der Waals surface area (Å²) in [4.78, 5) is 32.7. The summed E-state index contributed by atoms with van der Waals surface area (Å²) in [5, 5.41) is 46.5. The monoisotopic (exact) mass is 1150 g/mol. The standard InChI is InChI=1S/C28H24N2.2C19H30O6.Ni/c1-17-9-5-10-18(2)25(17)29-27-22-15-7-13-21-14-8-16-23(24(21)22)28(27)30-26-19(3)11-6-12-20(26)4;2*1-9-23-15-11(18(3,4)5)13(20)14(25-17(21)22)12(19(6,7)8)16(15)24-10-2;/h5-16H,1-4H3;2*20H,9-10H2,1-8H3,(H,21,22);/q;;;+2/p-2. The molecule has 438 valence electrons. The summed E-state index contributed by atoms with van der Waals surface area (Å²) in [5.41, 5.74) is 10.5. The number of phenolic OH excluding ortho intramolecular Hbond substituents is 2. The summed E-state index contributed by atoms with van der Waals surface area (Å²) in [6.45, 7) is 39.8. The first kappa shape index (κ1) is 66.3. The Hall–Kier alpha value is -7.25. The SMILES string of the molecule is CCOc1c(OCC)c(C(C)(C)C)c(OC(=O)[O-])c(O)c1C(C)(C)C.CCOc1c(OCC)c(C(C)(C)C)c(OC(=O)[O-])c(O)c1C(C)(C)C.Cc1cccc(C)c1N=C1C(=Nc2c(C)cccc2C)c2cccc3cccc1c23.[Ni+2]. The molecule has 6 aromatic carbocycles. The largest absolute Gasteiger partial charge is 2.00 e. The average Bonchev–Trinajstić information content (AvgIpc) is 3.63. The summed E-state index contributed by atoms with van der Waals surface area (Å²) in [6.07, 6.45) is -3.49. The second-order valence-corrected chi connectivity index (χ2v) is 23.7. The van der Waals surface area contributed by atoms with Crippen LogP contribution in [0.1, 0.15) is 166 Å². The van der Waals surface area contributed by atoms with Gasteiger partial charge in [-0.25, -0.2) is 9.98 Å². The Morgan fingerprint density at radius 3 is 0.938 bits per heavy atom. The quantitative estimate of drug-likeness (QED) is 0.0668. The molecule has 0 aliphatic heterocycles. The van der Waals surface area contributed by atoms with Gasteiger partial charge in [0.05, 0.1) is 49.2 Å². The smallest absolute Gasteiger partial charge is 0.510 e. The molecule has 0 fully saturated rings. The van der Waals surface area contributed by atoms with E-state index in [1.807, 2.05) is 111 Å². The number of carbonyl (C=O) groups excluding carboxylic acids is 2. The maximum absolute atomic E-state index is 11.1. The van der Waals surface area contributed by atoms with Crippen LogP contribution in [0.5, 0.6) is 46.0 Å². The number of aliphatic imine (C=N–C) groups is 2. The molecule has 0 unspecified atom stereocenters. The first-order valence-electron chi connectivity index (χ1n) is 27.3. The van der Waals surface area contributed by atoms with Gasteiger partial charge in [-0.2, -0.15) is 0 Å². The Morgan fingerprint density at radius 1 is 0.432 bits per heavy atom. The number of aromatic hydroxyl groups is 2. The molecule has 0 aromatic heterocycles. The molecule has 0 spiro atoms. The van der Waals surface area contributed by atoms with Crippen LogP contribution < -0.4 is 38.6 Å². The molecule has 1 aliphatic carbocycles. The van der Waals surface area contributed by atoms with E-state index in [1.165, 1.54) is 33.0 Å². The van der Waals surface area contributed by atoms with E-state index in [9.17, 15) is 30.0 Å². The van der Waals surface area contributed by atoms with Crippen molar-refractivity contribution in [2.75, 3.05) is 26.4 Å². The van der Waals surface area contributed by atoms with Gasteiger partial charge in [0.15, 0.2) is 23.0 Å². The van der Waals surface area contributed by atoms with Crippen molar-refractivity contribution in [2.45, 2.75) is 160 Å². The van der Waals surface area contributed by atoms with E-state index in [-0.39, 0.29) is 39.5 Å². The van der Waals surface area contributed by atoms with Crippen LogP contribution in [0.4, 0.5) is 21.0 Å². The maximum Gasteiger partial charge on any atom is 2.00 e. The first-order chi connectivity index (χ1) is 37.3. The number of hydrogen-bond donors (Lipinski definition) is 2. The predicted octanol–water partition coefficient (Wildman–Crippen LogP) is 14.3. The van der Waals surface area contributed by atoms with Gasteiger partial charge < -0.3 is 58.4 Å². The van der Waals surface area contributed by atoms with Crippen molar-refractivity contribution < 1.29 is 74.9 Å². The third kappa shape index (κ3) is 14.8. The van der Waals surface area contributed by atoms with Gasteiger partial charge in [0.2, 0.25) is 0 Å². The van der Waals surface area contributed by atoms with Crippen LogP contribution in [0.15, 0.2) is 82.8 Å². The van der Waals surface area contributed by atoms with E-state index in [4.69, 9.17) is 38.4 Å². The summed E-state index contributed by atoms with van der Waals surface area (Å²) in [6, 6.07) is 25.6. The van der Waals surface area contributed by atoms with Crippen LogP contribution >= 0.6 is 0 Å². The fourth-order valence-corrected chi connectivity index (χ4v) is 9.99. The van der Waals surface area contributed by atoms with Crippen LogP contribution in [-0.4, -0.2) is 60.4 Å². The van der Waals surface area contributed by atoms with Crippen molar-refractivity contribution >= 4 is 45.9 Å². The normalized spacial score (nSPS) is 13.1. The third-order valence-electron chi connectivity index (χ3n) is 13.2. The van der Waals surface area contributed by atoms with Crippen molar-refractivity contribution in [1.29, 1.82) is 0 Å². The van der Waals surface area contributed by atoms with E-state index in [0.29, 0.717) is 71.7 Å². The summed E-state index contributed by atoms with van der Waals surface area (Å²) in [5.74, 6) is 0.720. The number of ether oxygens (including phenoxy) is 6. The van der Waals surface area contributed by atoms with Gasteiger partial charge in [0.1, 0.15) is 23.0 Å². The van der Waals surface area contributed by atoms with Crippen molar-refractivity contribution in [3.63, 3.8) is 0 Å². The van der Waals surface area contributed by atoms with E-state index >= 15 is 0 Å². The molecule has 0 heterocycles. The van der Waals surface area contributed by atoms with Crippen molar-refractivity contribution in [3.05, 3.63) is 128 Å². The van der Waals surface area contributed by atoms with Crippen LogP contribution in [-0.2, 0) is 38.2 Å². The summed E-state index contributed by atoms with van der Waals surface area (Å²) in [7, 11) is 0. The predicted molar refractivity (Wildman–Crippen MR) is 316 cm³/mol. The van der Waals surface area contributed by atoms with Gasteiger partial charge in [0.25, 0.3) is 12.3 Å². The molecule has 0 saturated carbocycles. The van der Waals surface area contributed by atoms with Gasteiger partial charge >= 0.3 is 16.5 Å². The van der Waals surface area contributed by atoms with Gasteiger partial charge in [-0.3, -0.25) is 0 Å². The Labute approximate surface area is 489 Å². The average molecular weight is 1150 g/mol. The molecule has 2 N–H and O–H groups in total. The molecule has 6 aromatic rings. The minimum atomic E-state index is -1.74. The Morgan fingerprint density at radius 2 is 0.691 bits per heavy atom. The number of rotatable bonds is 12. The number of phenols is 2. The zero-order chi connectivity index (χ0) is 60.0. The number of para-hydroxylation sites is 2. The van der Waals surface area contributed by atoms with Crippen LogP contribution in [0.3, 0.4) is 0 Å². The van der Waals surface area contributed by atoms with E-state index in [2.05, 4.69) is 100 Å². The number of benzene rings is 6. The molecule has 81 heavy (non-hydrogen) atoms. The molecule has 0 radical (unpaired) electrons. The fourth-order valence-electron chi connectivity index (χ4n) is 9.99. The second kappa shape index (κ2) is 26.6. The van der Waals surface area contributed by atoms with Crippen LogP contribution in [0, 0.1) is 27.7 Å². The molecule has 7 rings (SSSR count). The number of carboxylic acid groups (broad SMARTS) is 2. The number of carbonyl (C=O) groups is 2. The van der Waals surface area contributed by atoms with Crippen molar-refractivity contribution in [1.82, 2.24) is 0 Å². The minimum absolute atomic E-state index is 0. The zero-order valence-electron chi connectivity index (χ0n) is 50.9. The third-order valence-corrected chi connectivity index (χ3v) is 13.2. The zero-order valence-corrected chi connectivity index (χ0v) is 51.9. The topological polar surface area (TPSA) is 201 Å². The molecule has 14 nitrogen and oxygen atoms in total. The van der Waals surface area contributed by atoms with E-state index in [1.54, 1.807) is 0 Å². The molecule has 0 amide bonds. The van der Waals surface area contributed by atoms with Gasteiger partial charge in [0, 0.05) is 38.8 Å². The number of hydrogen-bond acceptors (Lipinski definition) is 14. The van der Waals surface area contributed by atoms with Crippen molar-refractivity contribution in [3.8, 4) is 46.0 Å². The Kier molecular flexibility index (Phi) is 21.7. The van der Waals surface area contributed by atoms with Gasteiger partial charge in [-0.15, -0.1) is 0 Å². The van der Waals surface area contributed by atoms with Crippen LogP contribution in [0.2, 0.25) is 0 Å². The first-order valence-corrected chi connectivity index (χ1v) is 27.3. The fraction of sp³-hybridized carbons (Fsp3) is 0.424. The number of aryl methyl sites for hydroxylation is 4. The van der Waals surface area contributed by atoms with Crippen molar-refractivity contribution in [2.24, 2.45) is 9.98 Å². The summed E-state index contributed by atoms with van der Waals surface area (Å²) >= 11 is 0. The molecular formula is C66H82N2NiO12. The summed E-state index contributed by atoms with van der Waals surface area (Å²) < 4.78 is 33.1. The van der Waals surface area contributed by atoms with Crippen LogP contribution in [0.25, 0.3) is 10.8 Å². The molecular weight excluding hydrogens is 1070 g/mol. The minimum Gasteiger partial charge on any atom is -0.510 e. The molecule has 0 saturated heterocycles. The molecule has 1 aliphatic rings. The maximum atomic E-state index is 11.1. The number of nitrogens with zero attached hydrogens (tertiary/aromatic N) is 2. The van der Waals surface area contributed by atoms with Gasteiger partial charge in [-0.05, 0) is 105 Å².